The molecule has 0 aliphatic rings. The van der Waals surface area contributed by atoms with Crippen LogP contribution in [-0.4, -0.2) is 4.98 Å². The number of halogens is 4. The first-order chi connectivity index (χ1) is 10.3. The van der Waals surface area contributed by atoms with E-state index in [1.807, 2.05) is 0 Å². The Morgan fingerprint density at radius 1 is 1.32 bits per heavy atom. The van der Waals surface area contributed by atoms with Gasteiger partial charge in [0, 0.05) is 16.5 Å². The fourth-order valence-corrected chi connectivity index (χ4v) is 3.18. The monoisotopic (exact) mass is 342 g/mol. The van der Waals surface area contributed by atoms with Crippen LogP contribution in [0.5, 0.6) is 0 Å². The molecule has 7 heteroatoms. The summed E-state index contributed by atoms with van der Waals surface area (Å²) in [7, 11) is 0. The molecular formula is C15H10ClF3N2S. The SMILES string of the molecule is Cc1cc(C(F)(F)F)c(C#N)c(SCc2ccccc2Cl)n1. The van der Waals surface area contributed by atoms with Crippen LogP contribution < -0.4 is 0 Å². The third-order valence-corrected chi connectivity index (χ3v) is 4.25. The average molecular weight is 343 g/mol. The van der Waals surface area contributed by atoms with Gasteiger partial charge >= 0.3 is 6.18 Å². The van der Waals surface area contributed by atoms with Crippen molar-refractivity contribution in [2.75, 3.05) is 0 Å². The zero-order chi connectivity index (χ0) is 16.3. The van der Waals surface area contributed by atoms with E-state index in [0.29, 0.717) is 10.8 Å². The van der Waals surface area contributed by atoms with E-state index >= 15 is 0 Å². The minimum Gasteiger partial charge on any atom is -0.245 e. The number of aromatic nitrogens is 1. The maximum absolute atomic E-state index is 13.0. The molecular weight excluding hydrogens is 333 g/mol. The first kappa shape index (κ1) is 16.7. The number of thioether (sulfide) groups is 1. The van der Waals surface area contributed by atoms with Crippen molar-refractivity contribution in [1.29, 1.82) is 5.26 Å². The predicted octanol–water partition coefficient (Wildman–Crippen LogP) is 5.23. The first-order valence-electron chi connectivity index (χ1n) is 6.18. The van der Waals surface area contributed by atoms with Gasteiger partial charge in [0.15, 0.2) is 0 Å². The second-order valence-corrected chi connectivity index (χ2v) is 5.85. The van der Waals surface area contributed by atoms with Gasteiger partial charge in [-0.1, -0.05) is 29.8 Å². The smallest absolute Gasteiger partial charge is 0.245 e. The third-order valence-electron chi connectivity index (χ3n) is 2.85. The van der Waals surface area contributed by atoms with Gasteiger partial charge in [-0.15, -0.1) is 11.8 Å². The lowest BCUT2D eigenvalue weighted by atomic mass is 10.1. The summed E-state index contributed by atoms with van der Waals surface area (Å²) in [5.41, 5.74) is -0.415. The number of aryl methyl sites for hydroxylation is 1. The molecule has 0 aliphatic heterocycles. The number of rotatable bonds is 3. The van der Waals surface area contributed by atoms with E-state index in [-0.39, 0.29) is 10.7 Å². The molecule has 0 radical (unpaired) electrons. The lowest BCUT2D eigenvalue weighted by Crippen LogP contribution is -2.10. The third kappa shape index (κ3) is 3.73. The van der Waals surface area contributed by atoms with Gasteiger partial charge in [0.2, 0.25) is 0 Å². The summed E-state index contributed by atoms with van der Waals surface area (Å²) in [6, 6.07) is 9.54. The van der Waals surface area contributed by atoms with Crippen LogP contribution >= 0.6 is 23.4 Å². The molecule has 0 spiro atoms. The number of pyridine rings is 1. The van der Waals surface area contributed by atoms with E-state index in [0.717, 1.165) is 23.4 Å². The molecule has 114 valence electrons. The van der Waals surface area contributed by atoms with E-state index < -0.39 is 17.3 Å². The van der Waals surface area contributed by atoms with Crippen molar-refractivity contribution in [3.63, 3.8) is 0 Å². The summed E-state index contributed by atoms with van der Waals surface area (Å²) >= 11 is 7.09. The molecule has 1 aromatic carbocycles. The van der Waals surface area contributed by atoms with Crippen LogP contribution in [0.15, 0.2) is 35.4 Å². The maximum atomic E-state index is 13.0. The molecule has 0 bridgehead atoms. The quantitative estimate of drug-likeness (QED) is 0.717. The summed E-state index contributed by atoms with van der Waals surface area (Å²) in [6.07, 6.45) is -4.58. The van der Waals surface area contributed by atoms with Gasteiger partial charge in [-0.3, -0.25) is 0 Å². The predicted molar refractivity (Wildman–Crippen MR) is 79.7 cm³/mol. The van der Waals surface area contributed by atoms with Gasteiger partial charge < -0.3 is 0 Å². The minimum atomic E-state index is -4.58. The van der Waals surface area contributed by atoms with Gasteiger partial charge in [0.25, 0.3) is 0 Å². The number of nitrogens with zero attached hydrogens (tertiary/aromatic N) is 2. The van der Waals surface area contributed by atoms with Crippen LogP contribution in [-0.2, 0) is 11.9 Å². The Labute approximate surface area is 134 Å². The highest BCUT2D eigenvalue weighted by Gasteiger charge is 2.35. The number of benzene rings is 1. The summed E-state index contributed by atoms with van der Waals surface area (Å²) in [5, 5.41) is 9.67. The minimum absolute atomic E-state index is 0.0646. The number of hydrogen-bond acceptors (Lipinski definition) is 3. The standard InChI is InChI=1S/C15H10ClF3N2S/c1-9-6-12(15(17,18)19)11(7-20)14(21-9)22-8-10-4-2-3-5-13(10)16/h2-6H,8H2,1H3. The largest absolute Gasteiger partial charge is 0.417 e. The molecule has 1 heterocycles. The second-order valence-electron chi connectivity index (χ2n) is 4.48. The van der Waals surface area contributed by atoms with Gasteiger partial charge in [-0.2, -0.15) is 18.4 Å². The normalized spacial score (nSPS) is 11.3. The highest BCUT2D eigenvalue weighted by molar-refractivity contribution is 7.98. The molecule has 1 aromatic heterocycles. The van der Waals surface area contributed by atoms with Crippen LogP contribution in [0, 0.1) is 18.3 Å². The van der Waals surface area contributed by atoms with Crippen molar-refractivity contribution >= 4 is 23.4 Å². The zero-order valence-corrected chi connectivity index (χ0v) is 13.0. The molecule has 2 nitrogen and oxygen atoms in total. The van der Waals surface area contributed by atoms with Crippen molar-refractivity contribution in [3.05, 3.63) is 57.7 Å². The van der Waals surface area contributed by atoms with E-state index in [1.165, 1.54) is 6.92 Å². The summed E-state index contributed by atoms with van der Waals surface area (Å²) in [6.45, 7) is 1.47. The molecule has 0 amide bonds. The first-order valence-corrected chi connectivity index (χ1v) is 7.54. The van der Waals surface area contributed by atoms with Crippen molar-refractivity contribution in [2.24, 2.45) is 0 Å². The molecule has 0 fully saturated rings. The van der Waals surface area contributed by atoms with E-state index in [4.69, 9.17) is 16.9 Å². The maximum Gasteiger partial charge on any atom is 0.417 e. The Hall–Kier alpha value is -1.71. The summed E-state index contributed by atoms with van der Waals surface area (Å²) in [5.74, 6) is 0.335. The number of alkyl halides is 3. The Kier molecular flexibility index (Phi) is 4.99. The van der Waals surface area contributed by atoms with E-state index in [1.54, 1.807) is 30.3 Å². The highest BCUT2D eigenvalue weighted by atomic mass is 35.5. The van der Waals surface area contributed by atoms with Crippen LogP contribution in [0.4, 0.5) is 13.2 Å². The van der Waals surface area contributed by atoms with Crippen molar-refractivity contribution in [1.82, 2.24) is 4.98 Å². The Bertz CT molecular complexity index is 739. The summed E-state index contributed by atoms with van der Waals surface area (Å²) < 4.78 is 39.0. The average Bonchev–Trinajstić information content (AvgIpc) is 2.45. The molecule has 0 N–H and O–H groups in total. The zero-order valence-electron chi connectivity index (χ0n) is 11.4. The molecule has 0 atom stereocenters. The van der Waals surface area contributed by atoms with Crippen LogP contribution in [0.2, 0.25) is 5.02 Å². The molecule has 0 saturated heterocycles. The van der Waals surface area contributed by atoms with E-state index in [2.05, 4.69) is 4.98 Å². The number of hydrogen-bond donors (Lipinski definition) is 0. The van der Waals surface area contributed by atoms with Crippen molar-refractivity contribution in [3.8, 4) is 6.07 Å². The molecule has 2 rings (SSSR count). The second kappa shape index (κ2) is 6.59. The Morgan fingerprint density at radius 3 is 2.59 bits per heavy atom. The molecule has 0 saturated carbocycles. The Morgan fingerprint density at radius 2 is 2.00 bits per heavy atom. The fourth-order valence-electron chi connectivity index (χ4n) is 1.84. The fraction of sp³-hybridized carbons (Fsp3) is 0.200. The van der Waals surface area contributed by atoms with Gasteiger partial charge in [0.05, 0.1) is 11.1 Å². The topological polar surface area (TPSA) is 36.7 Å². The Balaban J connectivity index is 2.38. The van der Waals surface area contributed by atoms with Gasteiger partial charge in [-0.25, -0.2) is 4.98 Å². The number of nitriles is 1. The van der Waals surface area contributed by atoms with Crippen molar-refractivity contribution in [2.45, 2.75) is 23.9 Å². The molecule has 2 aromatic rings. The lowest BCUT2D eigenvalue weighted by molar-refractivity contribution is -0.138. The van der Waals surface area contributed by atoms with Crippen LogP contribution in [0.1, 0.15) is 22.4 Å². The molecule has 0 unspecified atom stereocenters. The van der Waals surface area contributed by atoms with Crippen molar-refractivity contribution < 1.29 is 13.2 Å². The molecule has 22 heavy (non-hydrogen) atoms. The van der Waals surface area contributed by atoms with Gasteiger partial charge in [0.1, 0.15) is 11.1 Å². The lowest BCUT2D eigenvalue weighted by Gasteiger charge is -2.13. The van der Waals surface area contributed by atoms with Crippen LogP contribution in [0.3, 0.4) is 0 Å². The van der Waals surface area contributed by atoms with E-state index in [9.17, 15) is 13.2 Å². The highest BCUT2D eigenvalue weighted by Crippen LogP contribution is 2.37. The van der Waals surface area contributed by atoms with Crippen LogP contribution in [0.25, 0.3) is 0 Å². The summed E-state index contributed by atoms with van der Waals surface area (Å²) in [4.78, 5) is 4.06. The molecule has 0 aliphatic carbocycles. The van der Waals surface area contributed by atoms with Gasteiger partial charge in [-0.05, 0) is 24.6 Å².